The van der Waals surface area contributed by atoms with Crippen LogP contribution in [0.15, 0.2) is 54.7 Å². The van der Waals surface area contributed by atoms with Crippen LogP contribution in [0.5, 0.6) is 0 Å². The van der Waals surface area contributed by atoms with Crippen molar-refractivity contribution in [1.29, 1.82) is 0 Å². The van der Waals surface area contributed by atoms with Crippen LogP contribution in [0.2, 0.25) is 0 Å². The van der Waals surface area contributed by atoms with Gasteiger partial charge in [0, 0.05) is 17.1 Å². The van der Waals surface area contributed by atoms with Gasteiger partial charge in [0.1, 0.15) is 0 Å². The van der Waals surface area contributed by atoms with Crippen molar-refractivity contribution in [2.45, 2.75) is 6.42 Å². The molecule has 0 aliphatic heterocycles. The van der Waals surface area contributed by atoms with Crippen LogP contribution in [0, 0.1) is 0 Å². The summed E-state index contributed by atoms with van der Waals surface area (Å²) in [6.07, 6.45) is 2.21. The van der Waals surface area contributed by atoms with Crippen molar-refractivity contribution in [3.8, 4) is 0 Å². The smallest absolute Gasteiger partial charge is 0.230 e. The van der Waals surface area contributed by atoms with Gasteiger partial charge in [-0.05, 0) is 35.2 Å². The molecule has 2 heterocycles. The van der Waals surface area contributed by atoms with Crippen molar-refractivity contribution in [3.63, 3.8) is 0 Å². The van der Waals surface area contributed by atoms with Gasteiger partial charge in [-0.2, -0.15) is 5.10 Å². The number of hydrogen-bond donors (Lipinski definition) is 3. The molecule has 0 radical (unpaired) electrons. The third kappa shape index (κ3) is 2.22. The van der Waals surface area contributed by atoms with E-state index in [0.717, 1.165) is 27.4 Å². The van der Waals surface area contributed by atoms with E-state index >= 15 is 0 Å². The molecule has 4 rings (SSSR count). The number of hydrogen-bond acceptors (Lipinski definition) is 2. The molecular formula is C17H14N4O. The quantitative estimate of drug-likeness (QED) is 0.542. The first-order valence-corrected chi connectivity index (χ1v) is 7.08. The Hall–Kier alpha value is -3.08. The third-order valence-electron chi connectivity index (χ3n) is 3.71. The third-order valence-corrected chi connectivity index (χ3v) is 3.71. The zero-order chi connectivity index (χ0) is 14.9. The Balaban J connectivity index is 1.54. The van der Waals surface area contributed by atoms with E-state index in [2.05, 4.69) is 20.5 Å². The lowest BCUT2D eigenvalue weighted by Crippen LogP contribution is -2.14. The van der Waals surface area contributed by atoms with Crippen LogP contribution in [0.3, 0.4) is 0 Å². The first-order valence-electron chi connectivity index (χ1n) is 7.08. The van der Waals surface area contributed by atoms with Crippen LogP contribution in [-0.2, 0) is 11.2 Å². The number of rotatable bonds is 3. The fourth-order valence-corrected chi connectivity index (χ4v) is 2.63. The monoisotopic (exact) mass is 290 g/mol. The van der Waals surface area contributed by atoms with E-state index in [0.29, 0.717) is 12.2 Å². The van der Waals surface area contributed by atoms with Crippen LogP contribution >= 0.6 is 0 Å². The van der Waals surface area contributed by atoms with Gasteiger partial charge in [-0.15, -0.1) is 0 Å². The second-order valence-electron chi connectivity index (χ2n) is 5.24. The van der Waals surface area contributed by atoms with E-state index in [1.54, 1.807) is 0 Å². The van der Waals surface area contributed by atoms with Gasteiger partial charge in [-0.3, -0.25) is 9.89 Å². The topological polar surface area (TPSA) is 73.6 Å². The predicted molar refractivity (Wildman–Crippen MR) is 86.7 cm³/mol. The summed E-state index contributed by atoms with van der Waals surface area (Å²) in [6, 6.07) is 15.7. The predicted octanol–water partition coefficient (Wildman–Crippen LogP) is 3.23. The lowest BCUT2D eigenvalue weighted by molar-refractivity contribution is -0.115. The maximum absolute atomic E-state index is 12.2. The molecule has 4 aromatic rings. The van der Waals surface area contributed by atoms with Gasteiger partial charge < -0.3 is 10.3 Å². The molecule has 5 heteroatoms. The minimum atomic E-state index is -0.0804. The first kappa shape index (κ1) is 12.6. The number of anilines is 1. The number of aromatic amines is 2. The SMILES string of the molecule is O=C(Cc1ccc2cc[nH]c2c1)Nc1n[nH]c2ccccc12. The van der Waals surface area contributed by atoms with Crippen LogP contribution in [0.4, 0.5) is 5.82 Å². The Morgan fingerprint density at radius 2 is 2.00 bits per heavy atom. The van der Waals surface area contributed by atoms with Crippen LogP contribution in [-0.4, -0.2) is 21.1 Å². The fraction of sp³-hybridized carbons (Fsp3) is 0.0588. The molecule has 0 unspecified atom stereocenters. The summed E-state index contributed by atoms with van der Waals surface area (Å²) >= 11 is 0. The Bertz CT molecular complexity index is 967. The second kappa shape index (κ2) is 5.04. The Labute approximate surface area is 126 Å². The molecule has 2 aromatic carbocycles. The standard InChI is InChI=1S/C17H14N4O/c22-16(10-11-5-6-12-7-8-18-15(12)9-11)19-17-13-3-1-2-4-14(13)20-21-17/h1-9,18H,10H2,(H2,19,20,21,22). The minimum Gasteiger partial charge on any atom is -0.361 e. The van der Waals surface area contributed by atoms with E-state index in [1.807, 2.05) is 54.7 Å². The van der Waals surface area contributed by atoms with Crippen molar-refractivity contribution in [1.82, 2.24) is 15.2 Å². The highest BCUT2D eigenvalue weighted by atomic mass is 16.1. The van der Waals surface area contributed by atoms with Gasteiger partial charge in [0.15, 0.2) is 5.82 Å². The van der Waals surface area contributed by atoms with Gasteiger partial charge >= 0.3 is 0 Å². The Morgan fingerprint density at radius 1 is 1.09 bits per heavy atom. The Kier molecular flexibility index (Phi) is 2.89. The average Bonchev–Trinajstić information content (AvgIpc) is 3.14. The maximum atomic E-state index is 12.2. The van der Waals surface area contributed by atoms with E-state index < -0.39 is 0 Å². The number of aromatic nitrogens is 3. The van der Waals surface area contributed by atoms with Crippen LogP contribution < -0.4 is 5.32 Å². The van der Waals surface area contributed by atoms with Gasteiger partial charge in [0.25, 0.3) is 0 Å². The number of nitrogens with one attached hydrogen (secondary N) is 3. The van der Waals surface area contributed by atoms with Gasteiger partial charge in [0.05, 0.1) is 11.9 Å². The molecule has 5 nitrogen and oxygen atoms in total. The zero-order valence-corrected chi connectivity index (χ0v) is 11.8. The van der Waals surface area contributed by atoms with E-state index in [9.17, 15) is 4.79 Å². The summed E-state index contributed by atoms with van der Waals surface area (Å²) in [5.41, 5.74) is 2.91. The summed E-state index contributed by atoms with van der Waals surface area (Å²) in [5.74, 6) is 0.490. The first-order chi connectivity index (χ1) is 10.8. The Morgan fingerprint density at radius 3 is 2.95 bits per heavy atom. The number of amides is 1. The molecule has 3 N–H and O–H groups in total. The molecule has 1 amide bonds. The molecule has 0 atom stereocenters. The molecule has 0 saturated carbocycles. The van der Waals surface area contributed by atoms with Crippen molar-refractivity contribution >= 4 is 33.5 Å². The number of benzene rings is 2. The highest BCUT2D eigenvalue weighted by Crippen LogP contribution is 2.20. The number of carbonyl (C=O) groups excluding carboxylic acids is 1. The zero-order valence-electron chi connectivity index (χ0n) is 11.8. The fourth-order valence-electron chi connectivity index (χ4n) is 2.63. The van der Waals surface area contributed by atoms with Crippen molar-refractivity contribution in [2.75, 3.05) is 5.32 Å². The van der Waals surface area contributed by atoms with E-state index in [-0.39, 0.29) is 5.91 Å². The molecule has 0 aliphatic rings. The number of fused-ring (bicyclic) bond motifs is 2. The number of H-pyrrole nitrogens is 2. The molecule has 0 saturated heterocycles. The largest absolute Gasteiger partial charge is 0.361 e. The lowest BCUT2D eigenvalue weighted by Gasteiger charge is -2.03. The molecular weight excluding hydrogens is 276 g/mol. The lowest BCUT2D eigenvalue weighted by atomic mass is 10.1. The van der Waals surface area contributed by atoms with Crippen LogP contribution in [0.1, 0.15) is 5.56 Å². The normalized spacial score (nSPS) is 11.1. The summed E-state index contributed by atoms with van der Waals surface area (Å²) in [4.78, 5) is 15.4. The molecule has 108 valence electrons. The summed E-state index contributed by atoms with van der Waals surface area (Å²) in [6.45, 7) is 0. The van der Waals surface area contributed by atoms with Crippen molar-refractivity contribution in [2.24, 2.45) is 0 Å². The average molecular weight is 290 g/mol. The molecule has 2 aromatic heterocycles. The highest BCUT2D eigenvalue weighted by Gasteiger charge is 2.10. The number of para-hydroxylation sites is 1. The van der Waals surface area contributed by atoms with Gasteiger partial charge in [-0.25, -0.2) is 0 Å². The maximum Gasteiger partial charge on any atom is 0.230 e. The highest BCUT2D eigenvalue weighted by molar-refractivity contribution is 6.00. The van der Waals surface area contributed by atoms with Crippen molar-refractivity contribution in [3.05, 3.63) is 60.3 Å². The molecule has 0 fully saturated rings. The van der Waals surface area contributed by atoms with E-state index in [4.69, 9.17) is 0 Å². The van der Waals surface area contributed by atoms with E-state index in [1.165, 1.54) is 0 Å². The molecule has 0 aliphatic carbocycles. The molecule has 22 heavy (non-hydrogen) atoms. The van der Waals surface area contributed by atoms with Crippen molar-refractivity contribution < 1.29 is 4.79 Å². The molecule has 0 spiro atoms. The van der Waals surface area contributed by atoms with Gasteiger partial charge in [0.2, 0.25) is 5.91 Å². The molecule has 0 bridgehead atoms. The second-order valence-corrected chi connectivity index (χ2v) is 5.24. The number of carbonyl (C=O) groups is 1. The van der Waals surface area contributed by atoms with Crippen LogP contribution in [0.25, 0.3) is 21.8 Å². The summed E-state index contributed by atoms with van der Waals surface area (Å²) < 4.78 is 0. The summed E-state index contributed by atoms with van der Waals surface area (Å²) in [7, 11) is 0. The summed E-state index contributed by atoms with van der Waals surface area (Å²) in [5, 5.41) is 12.0. The van der Waals surface area contributed by atoms with Gasteiger partial charge in [-0.1, -0.05) is 24.3 Å². The minimum absolute atomic E-state index is 0.0804. The number of nitrogens with zero attached hydrogens (tertiary/aromatic N) is 1.